The molecule has 3 aromatic rings. The number of nitrogens with zero attached hydrogens (tertiary/aromatic N) is 3. The van der Waals surface area contributed by atoms with Crippen molar-refractivity contribution in [3.8, 4) is 6.07 Å². The minimum atomic E-state index is -0.394. The number of anilines is 2. The van der Waals surface area contributed by atoms with Crippen LogP contribution in [0.4, 0.5) is 11.4 Å². The summed E-state index contributed by atoms with van der Waals surface area (Å²) in [6, 6.07) is 10.7. The number of nitrogens with two attached hydrogens (primary N) is 1. The third-order valence-corrected chi connectivity index (χ3v) is 4.73. The standard InChI is InChI=1S/C23H20N6O/c1-14-15(2)22(28-13-17(14)12-24)23(30)29-18-4-6-21(26)19(11-18)20(25)5-3-16-7-9-27-10-8-16/h3-11,13,25H,26H2,1-2H3,(H,29,30)/b5-3+,25-20?. The summed E-state index contributed by atoms with van der Waals surface area (Å²) in [5.41, 5.74) is 10.6. The fourth-order valence-electron chi connectivity index (χ4n) is 2.85. The molecular weight excluding hydrogens is 376 g/mol. The van der Waals surface area contributed by atoms with Gasteiger partial charge in [0.25, 0.3) is 5.91 Å². The van der Waals surface area contributed by atoms with Gasteiger partial charge in [-0.3, -0.25) is 9.78 Å². The Bertz CT molecular complexity index is 1190. The Morgan fingerprint density at radius 2 is 1.93 bits per heavy atom. The number of aromatic nitrogens is 2. The Labute approximate surface area is 174 Å². The molecule has 7 heteroatoms. The number of carbonyl (C=O) groups excluding carboxylic acids is 1. The van der Waals surface area contributed by atoms with E-state index in [0.29, 0.717) is 28.1 Å². The molecule has 3 rings (SSSR count). The van der Waals surface area contributed by atoms with Gasteiger partial charge in [0.1, 0.15) is 11.8 Å². The van der Waals surface area contributed by atoms with E-state index in [0.717, 1.165) is 11.1 Å². The van der Waals surface area contributed by atoms with E-state index in [1.807, 2.05) is 12.1 Å². The van der Waals surface area contributed by atoms with Gasteiger partial charge in [-0.2, -0.15) is 5.26 Å². The fraction of sp³-hybridized carbons (Fsp3) is 0.0870. The lowest BCUT2D eigenvalue weighted by atomic mass is 10.0. The molecule has 0 unspecified atom stereocenters. The summed E-state index contributed by atoms with van der Waals surface area (Å²) in [5.74, 6) is -0.394. The third kappa shape index (κ3) is 4.39. The number of benzene rings is 1. The maximum Gasteiger partial charge on any atom is 0.274 e. The second-order valence-electron chi connectivity index (χ2n) is 6.67. The van der Waals surface area contributed by atoms with Gasteiger partial charge in [-0.05, 0) is 66.9 Å². The van der Waals surface area contributed by atoms with Gasteiger partial charge in [-0.1, -0.05) is 6.08 Å². The fourth-order valence-corrected chi connectivity index (χ4v) is 2.85. The normalized spacial score (nSPS) is 10.6. The van der Waals surface area contributed by atoms with E-state index in [-0.39, 0.29) is 11.4 Å². The van der Waals surface area contributed by atoms with Gasteiger partial charge in [0.15, 0.2) is 0 Å². The van der Waals surface area contributed by atoms with Crippen molar-refractivity contribution in [3.05, 3.63) is 88.5 Å². The number of hydrogen-bond acceptors (Lipinski definition) is 6. The van der Waals surface area contributed by atoms with Crippen molar-refractivity contribution in [2.24, 2.45) is 0 Å². The number of rotatable bonds is 5. The lowest BCUT2D eigenvalue weighted by molar-refractivity contribution is 0.102. The topological polar surface area (TPSA) is 129 Å². The van der Waals surface area contributed by atoms with Crippen LogP contribution in [0.3, 0.4) is 0 Å². The quantitative estimate of drug-likeness (QED) is 0.445. The summed E-state index contributed by atoms with van der Waals surface area (Å²) in [4.78, 5) is 20.8. The van der Waals surface area contributed by atoms with Gasteiger partial charge in [-0.25, -0.2) is 4.98 Å². The molecule has 0 radical (unpaired) electrons. The summed E-state index contributed by atoms with van der Waals surface area (Å²) < 4.78 is 0. The molecule has 7 nitrogen and oxygen atoms in total. The van der Waals surface area contributed by atoms with E-state index in [1.54, 1.807) is 56.6 Å². The lowest BCUT2D eigenvalue weighted by Crippen LogP contribution is -2.17. The Morgan fingerprint density at radius 1 is 1.20 bits per heavy atom. The van der Waals surface area contributed by atoms with Crippen LogP contribution in [0.5, 0.6) is 0 Å². The molecule has 4 N–H and O–H groups in total. The van der Waals surface area contributed by atoms with Crippen molar-refractivity contribution >= 4 is 29.1 Å². The summed E-state index contributed by atoms with van der Waals surface area (Å²) in [7, 11) is 0. The predicted molar refractivity (Wildman–Crippen MR) is 117 cm³/mol. The van der Waals surface area contributed by atoms with Crippen LogP contribution < -0.4 is 11.1 Å². The number of amides is 1. The maximum absolute atomic E-state index is 12.7. The number of nitrogen functional groups attached to an aromatic ring is 1. The summed E-state index contributed by atoms with van der Waals surface area (Å²) in [6.45, 7) is 3.54. The van der Waals surface area contributed by atoms with Crippen molar-refractivity contribution in [1.82, 2.24) is 9.97 Å². The molecule has 0 aliphatic carbocycles. The van der Waals surface area contributed by atoms with Crippen LogP contribution in [0.2, 0.25) is 0 Å². The van der Waals surface area contributed by atoms with Crippen molar-refractivity contribution in [3.63, 3.8) is 0 Å². The molecule has 0 saturated heterocycles. The van der Waals surface area contributed by atoms with Crippen LogP contribution in [0.25, 0.3) is 6.08 Å². The highest BCUT2D eigenvalue weighted by Gasteiger charge is 2.15. The molecule has 0 fully saturated rings. The number of carbonyl (C=O) groups is 1. The molecule has 30 heavy (non-hydrogen) atoms. The van der Waals surface area contributed by atoms with Gasteiger partial charge < -0.3 is 16.5 Å². The van der Waals surface area contributed by atoms with Crippen LogP contribution in [-0.2, 0) is 0 Å². The van der Waals surface area contributed by atoms with Crippen molar-refractivity contribution in [2.75, 3.05) is 11.1 Å². The van der Waals surface area contributed by atoms with E-state index in [9.17, 15) is 4.79 Å². The zero-order valence-electron chi connectivity index (χ0n) is 16.6. The molecule has 0 aliphatic rings. The SMILES string of the molecule is Cc1c(C#N)cnc(C(=O)Nc2ccc(N)c(C(=N)/C=C/c3ccncc3)c2)c1C. The Kier molecular flexibility index (Phi) is 5.99. The second-order valence-corrected chi connectivity index (χ2v) is 6.67. The van der Waals surface area contributed by atoms with Gasteiger partial charge in [0, 0.05) is 35.5 Å². The molecule has 2 aromatic heterocycles. The van der Waals surface area contributed by atoms with E-state index < -0.39 is 5.91 Å². The third-order valence-electron chi connectivity index (χ3n) is 4.73. The van der Waals surface area contributed by atoms with Gasteiger partial charge in [0.2, 0.25) is 0 Å². The Balaban J connectivity index is 1.82. The van der Waals surface area contributed by atoms with Crippen LogP contribution >= 0.6 is 0 Å². The zero-order chi connectivity index (χ0) is 21.7. The first-order valence-electron chi connectivity index (χ1n) is 9.15. The van der Waals surface area contributed by atoms with Crippen molar-refractivity contribution in [2.45, 2.75) is 13.8 Å². The van der Waals surface area contributed by atoms with Gasteiger partial charge >= 0.3 is 0 Å². The van der Waals surface area contributed by atoms with Crippen LogP contribution in [-0.4, -0.2) is 21.6 Å². The summed E-state index contributed by atoms with van der Waals surface area (Å²) >= 11 is 0. The first-order chi connectivity index (χ1) is 14.4. The Morgan fingerprint density at radius 3 is 2.63 bits per heavy atom. The average Bonchev–Trinajstić information content (AvgIpc) is 2.75. The zero-order valence-corrected chi connectivity index (χ0v) is 16.6. The molecule has 0 atom stereocenters. The molecule has 2 heterocycles. The van der Waals surface area contributed by atoms with E-state index in [4.69, 9.17) is 16.4 Å². The summed E-state index contributed by atoms with van der Waals surface area (Å²) in [5, 5.41) is 20.2. The minimum absolute atomic E-state index is 0.212. The molecular formula is C23H20N6O. The molecule has 0 saturated carbocycles. The summed E-state index contributed by atoms with van der Waals surface area (Å²) in [6.07, 6.45) is 8.18. The highest BCUT2D eigenvalue weighted by atomic mass is 16.1. The minimum Gasteiger partial charge on any atom is -0.398 e. The van der Waals surface area contributed by atoms with E-state index in [2.05, 4.69) is 21.4 Å². The smallest absolute Gasteiger partial charge is 0.274 e. The van der Waals surface area contributed by atoms with Crippen LogP contribution in [0.15, 0.2) is 55.0 Å². The molecule has 0 aliphatic heterocycles. The predicted octanol–water partition coefficient (Wildman–Crippen LogP) is 3.88. The monoisotopic (exact) mass is 396 g/mol. The molecule has 0 spiro atoms. The number of pyridine rings is 2. The van der Waals surface area contributed by atoms with E-state index in [1.165, 1.54) is 6.20 Å². The average molecular weight is 396 g/mol. The number of nitriles is 1. The highest BCUT2D eigenvalue weighted by molar-refractivity contribution is 6.13. The number of nitrogens with one attached hydrogen (secondary N) is 2. The molecule has 1 amide bonds. The number of allylic oxidation sites excluding steroid dienone is 1. The van der Waals surface area contributed by atoms with Gasteiger partial charge in [-0.15, -0.1) is 0 Å². The first-order valence-corrected chi connectivity index (χ1v) is 9.15. The van der Waals surface area contributed by atoms with Gasteiger partial charge in [0.05, 0.1) is 11.3 Å². The molecule has 148 valence electrons. The Hall–Kier alpha value is -4.31. The van der Waals surface area contributed by atoms with Crippen molar-refractivity contribution in [1.29, 1.82) is 10.7 Å². The largest absolute Gasteiger partial charge is 0.398 e. The van der Waals surface area contributed by atoms with Crippen LogP contribution in [0.1, 0.15) is 38.3 Å². The van der Waals surface area contributed by atoms with Crippen LogP contribution in [0, 0.1) is 30.6 Å². The number of hydrogen-bond donors (Lipinski definition) is 3. The van der Waals surface area contributed by atoms with Crippen molar-refractivity contribution < 1.29 is 4.79 Å². The first kappa shape index (κ1) is 20.4. The molecule has 1 aromatic carbocycles. The van der Waals surface area contributed by atoms with E-state index >= 15 is 0 Å². The lowest BCUT2D eigenvalue weighted by Gasteiger charge is -2.12. The highest BCUT2D eigenvalue weighted by Crippen LogP contribution is 2.21. The molecule has 0 bridgehead atoms. The second kappa shape index (κ2) is 8.80. The maximum atomic E-state index is 12.7.